The molecule has 0 bridgehead atoms. The van der Waals surface area contributed by atoms with Crippen LogP contribution >= 0.6 is 22.9 Å². The van der Waals surface area contributed by atoms with Crippen LogP contribution < -0.4 is 10.5 Å². The van der Waals surface area contributed by atoms with Gasteiger partial charge in [-0.3, -0.25) is 0 Å². The van der Waals surface area contributed by atoms with Crippen molar-refractivity contribution in [3.8, 4) is 0 Å². The van der Waals surface area contributed by atoms with Crippen LogP contribution in [0.4, 0.5) is 5.69 Å². The zero-order valence-corrected chi connectivity index (χ0v) is 13.8. The maximum atomic E-state index is 11.5. The van der Waals surface area contributed by atoms with Crippen molar-refractivity contribution in [1.82, 2.24) is 0 Å². The van der Waals surface area contributed by atoms with E-state index in [-0.39, 0.29) is 10.9 Å². The Morgan fingerprint density at radius 1 is 1.38 bits per heavy atom. The van der Waals surface area contributed by atoms with Gasteiger partial charge in [-0.15, -0.1) is 11.3 Å². The van der Waals surface area contributed by atoms with Crippen LogP contribution in [0.15, 0.2) is 29.2 Å². The number of rotatable bonds is 3. The molecule has 1 aromatic carbocycles. The van der Waals surface area contributed by atoms with Crippen molar-refractivity contribution < 1.29 is 8.42 Å². The summed E-state index contributed by atoms with van der Waals surface area (Å²) >= 11 is 7.67. The zero-order valence-electron chi connectivity index (χ0n) is 11.4. The second-order valence-corrected chi connectivity index (χ2v) is 8.52. The van der Waals surface area contributed by atoms with E-state index in [0.717, 1.165) is 28.4 Å². The van der Waals surface area contributed by atoms with E-state index in [1.807, 2.05) is 13.0 Å². The number of thiophene rings is 1. The van der Waals surface area contributed by atoms with Gasteiger partial charge < -0.3 is 5.32 Å². The van der Waals surface area contributed by atoms with E-state index >= 15 is 0 Å². The number of aryl methyl sites for hydroxylation is 2. The normalized spacial score (nSPS) is 17.8. The Morgan fingerprint density at radius 3 is 2.86 bits per heavy atom. The average molecular weight is 343 g/mol. The second-order valence-electron chi connectivity index (χ2n) is 5.19. The van der Waals surface area contributed by atoms with Crippen molar-refractivity contribution in [2.75, 3.05) is 5.32 Å². The number of primary sulfonamides is 1. The number of hydrogen-bond donors (Lipinski definition) is 2. The summed E-state index contributed by atoms with van der Waals surface area (Å²) in [7, 11) is -3.69. The lowest BCUT2D eigenvalue weighted by Gasteiger charge is -2.17. The van der Waals surface area contributed by atoms with Crippen molar-refractivity contribution in [3.63, 3.8) is 0 Å². The average Bonchev–Trinajstić information content (AvgIpc) is 2.91. The van der Waals surface area contributed by atoms with Crippen LogP contribution in [0.25, 0.3) is 0 Å². The number of nitrogens with one attached hydrogen (secondary N) is 1. The van der Waals surface area contributed by atoms with Gasteiger partial charge in [-0.25, -0.2) is 13.6 Å². The van der Waals surface area contributed by atoms with Gasteiger partial charge in [0.1, 0.15) is 0 Å². The molecule has 7 heteroatoms. The summed E-state index contributed by atoms with van der Waals surface area (Å²) in [4.78, 5) is 1.43. The molecule has 0 amide bonds. The summed E-state index contributed by atoms with van der Waals surface area (Å²) in [6.45, 7) is 1.94. The Bertz CT molecular complexity index is 799. The fraction of sp³-hybridized carbons (Fsp3) is 0.286. The van der Waals surface area contributed by atoms with E-state index in [2.05, 4.69) is 5.32 Å². The van der Waals surface area contributed by atoms with Crippen LogP contribution in [0.5, 0.6) is 0 Å². The first-order chi connectivity index (χ1) is 9.84. The molecule has 1 unspecified atom stereocenters. The van der Waals surface area contributed by atoms with Crippen LogP contribution in [-0.4, -0.2) is 8.42 Å². The van der Waals surface area contributed by atoms with Crippen molar-refractivity contribution in [2.24, 2.45) is 5.14 Å². The Labute approximate surface area is 133 Å². The molecule has 0 fully saturated rings. The van der Waals surface area contributed by atoms with Crippen LogP contribution in [0.2, 0.25) is 4.34 Å². The first kappa shape index (κ1) is 14.8. The van der Waals surface area contributed by atoms with E-state index in [9.17, 15) is 8.42 Å². The quantitative estimate of drug-likeness (QED) is 0.897. The number of nitrogens with two attached hydrogens (primary N) is 1. The van der Waals surface area contributed by atoms with Gasteiger partial charge in [-0.1, -0.05) is 17.7 Å². The van der Waals surface area contributed by atoms with Gasteiger partial charge in [0, 0.05) is 10.6 Å². The molecular formula is C14H15ClN2O2S2. The Kier molecular flexibility index (Phi) is 3.73. The fourth-order valence-electron chi connectivity index (χ4n) is 2.60. The molecule has 3 rings (SSSR count). The smallest absolute Gasteiger partial charge is 0.238 e. The molecule has 21 heavy (non-hydrogen) atoms. The van der Waals surface area contributed by atoms with Gasteiger partial charge in [0.2, 0.25) is 10.0 Å². The standard InChI is InChI=1S/C14H15ClN2O2S2/c1-8-2-3-9(21(16,18)19)6-12(8)17-11-4-5-13-10(11)7-14(15)20-13/h2-3,6-7,11,17H,4-5H2,1H3,(H2,16,18,19). The van der Waals surface area contributed by atoms with Gasteiger partial charge >= 0.3 is 0 Å². The number of halogens is 1. The van der Waals surface area contributed by atoms with E-state index in [1.54, 1.807) is 23.5 Å². The van der Waals surface area contributed by atoms with Crippen molar-refractivity contribution in [3.05, 3.63) is 44.6 Å². The third-order valence-corrected chi connectivity index (χ3v) is 5.97. The SMILES string of the molecule is Cc1ccc(S(N)(=O)=O)cc1NC1CCc2sc(Cl)cc21. The second kappa shape index (κ2) is 5.28. The van der Waals surface area contributed by atoms with Crippen LogP contribution in [0.1, 0.15) is 28.5 Å². The zero-order chi connectivity index (χ0) is 15.2. The first-order valence-corrected chi connectivity index (χ1v) is 9.27. The minimum atomic E-state index is -3.69. The van der Waals surface area contributed by atoms with E-state index in [1.165, 1.54) is 16.5 Å². The van der Waals surface area contributed by atoms with Crippen LogP contribution in [0, 0.1) is 6.92 Å². The molecule has 0 radical (unpaired) electrons. The predicted molar refractivity (Wildman–Crippen MR) is 86.6 cm³/mol. The van der Waals surface area contributed by atoms with E-state index in [4.69, 9.17) is 16.7 Å². The van der Waals surface area contributed by atoms with Crippen molar-refractivity contribution >= 4 is 38.6 Å². The van der Waals surface area contributed by atoms with Crippen molar-refractivity contribution in [2.45, 2.75) is 30.7 Å². The molecule has 112 valence electrons. The molecule has 0 aliphatic heterocycles. The van der Waals surface area contributed by atoms with E-state index < -0.39 is 10.0 Å². The molecule has 1 aliphatic rings. The molecule has 0 saturated carbocycles. The highest BCUT2D eigenvalue weighted by atomic mass is 35.5. The minimum absolute atomic E-state index is 0.122. The summed E-state index contributed by atoms with van der Waals surface area (Å²) < 4.78 is 23.7. The summed E-state index contributed by atoms with van der Waals surface area (Å²) in [5.74, 6) is 0. The topological polar surface area (TPSA) is 72.2 Å². The highest BCUT2D eigenvalue weighted by Crippen LogP contribution is 2.41. The van der Waals surface area contributed by atoms with Gasteiger partial charge in [-0.05, 0) is 49.1 Å². The Morgan fingerprint density at radius 2 is 2.14 bits per heavy atom. The van der Waals surface area contributed by atoms with E-state index in [0.29, 0.717) is 0 Å². The first-order valence-electron chi connectivity index (χ1n) is 6.52. The fourth-order valence-corrected chi connectivity index (χ4v) is 4.50. The minimum Gasteiger partial charge on any atom is -0.378 e. The summed E-state index contributed by atoms with van der Waals surface area (Å²) in [5, 5.41) is 8.61. The maximum absolute atomic E-state index is 11.5. The summed E-state index contributed by atoms with van der Waals surface area (Å²) in [5.41, 5.74) is 2.99. The monoisotopic (exact) mass is 342 g/mol. The molecule has 3 N–H and O–H groups in total. The molecule has 4 nitrogen and oxygen atoms in total. The van der Waals surface area contributed by atoms with Gasteiger partial charge in [0.05, 0.1) is 15.3 Å². The largest absolute Gasteiger partial charge is 0.378 e. The Hall–Kier alpha value is -1.08. The molecule has 2 aromatic rings. The third-order valence-electron chi connectivity index (χ3n) is 3.71. The number of benzene rings is 1. The number of fused-ring (bicyclic) bond motifs is 1. The lowest BCUT2D eigenvalue weighted by atomic mass is 10.1. The highest BCUT2D eigenvalue weighted by molar-refractivity contribution is 7.89. The molecule has 1 aromatic heterocycles. The maximum Gasteiger partial charge on any atom is 0.238 e. The van der Waals surface area contributed by atoms with Gasteiger partial charge in [-0.2, -0.15) is 0 Å². The number of anilines is 1. The third kappa shape index (κ3) is 2.94. The van der Waals surface area contributed by atoms with Gasteiger partial charge in [0.15, 0.2) is 0 Å². The highest BCUT2D eigenvalue weighted by Gasteiger charge is 2.25. The molecule has 1 aliphatic carbocycles. The summed E-state index contributed by atoms with van der Waals surface area (Å²) in [6, 6.07) is 7.04. The van der Waals surface area contributed by atoms with Crippen molar-refractivity contribution in [1.29, 1.82) is 0 Å². The Balaban J connectivity index is 1.92. The lowest BCUT2D eigenvalue weighted by molar-refractivity contribution is 0.598. The van der Waals surface area contributed by atoms with Crippen LogP contribution in [-0.2, 0) is 16.4 Å². The molecule has 1 heterocycles. The lowest BCUT2D eigenvalue weighted by Crippen LogP contribution is -2.14. The number of hydrogen-bond acceptors (Lipinski definition) is 4. The molecule has 1 atom stereocenters. The summed E-state index contributed by atoms with van der Waals surface area (Å²) in [6.07, 6.45) is 1.98. The number of sulfonamides is 1. The van der Waals surface area contributed by atoms with Gasteiger partial charge in [0.25, 0.3) is 0 Å². The van der Waals surface area contributed by atoms with Crippen LogP contribution in [0.3, 0.4) is 0 Å². The molecule has 0 saturated heterocycles. The predicted octanol–water partition coefficient (Wildman–Crippen LogP) is 3.46. The molecular weight excluding hydrogens is 328 g/mol. The molecule has 0 spiro atoms.